The normalized spacial score (nSPS) is 11.7. The molecule has 3 aromatic rings. The van der Waals surface area contributed by atoms with Crippen molar-refractivity contribution in [1.82, 2.24) is 5.43 Å². The molecule has 0 radical (unpaired) electrons. The van der Waals surface area contributed by atoms with Gasteiger partial charge in [-0.05, 0) is 54.6 Å². The summed E-state index contributed by atoms with van der Waals surface area (Å²) in [6.07, 6.45) is 0.956. The van der Waals surface area contributed by atoms with Crippen LogP contribution in [-0.4, -0.2) is 26.4 Å². The number of benzene rings is 3. The number of urea groups is 1. The van der Waals surface area contributed by atoms with Gasteiger partial charge < -0.3 is 9.50 Å². The molecule has 2 amide bonds. The van der Waals surface area contributed by atoms with E-state index in [1.165, 1.54) is 18.2 Å². The lowest BCUT2D eigenvalue weighted by Gasteiger charge is -2.10. The average molecular weight is 513 g/mol. The molecule has 0 saturated heterocycles. The number of anilines is 1. The van der Waals surface area contributed by atoms with E-state index in [1.807, 2.05) is 0 Å². The van der Waals surface area contributed by atoms with Crippen molar-refractivity contribution in [2.24, 2.45) is 5.10 Å². The Bertz CT molecular complexity index is 1260. The van der Waals surface area contributed by atoms with Gasteiger partial charge in [0.25, 0.3) is 0 Å². The Morgan fingerprint density at radius 3 is 2.03 bits per heavy atom. The molecule has 0 spiro atoms. The van der Waals surface area contributed by atoms with Gasteiger partial charge >= 0.3 is 16.1 Å². The molecule has 0 saturated carbocycles. The third-order valence-electron chi connectivity index (χ3n) is 3.94. The molecule has 0 aliphatic rings. The summed E-state index contributed by atoms with van der Waals surface area (Å²) >= 11 is 17.8. The van der Waals surface area contributed by atoms with Crippen molar-refractivity contribution in [1.29, 1.82) is 0 Å². The number of halogens is 3. The first-order valence-corrected chi connectivity index (χ1v) is 11.9. The summed E-state index contributed by atoms with van der Waals surface area (Å²) in [4.78, 5) is 12.3. The highest BCUT2D eigenvalue weighted by atomic mass is 35.5. The summed E-state index contributed by atoms with van der Waals surface area (Å²) < 4.78 is 27.5. The quantitative estimate of drug-likeness (QED) is 0.257. The lowest BCUT2D eigenvalue weighted by Crippen LogP contribution is -2.26. The number of carbonyl (C=O) groups excluding carboxylic acids is 1. The zero-order chi connectivity index (χ0) is 23.3. The molecular formula is C21H16Cl3N3O4S. The maximum Gasteiger partial charge on any atom is 0.339 e. The van der Waals surface area contributed by atoms with Crippen molar-refractivity contribution in [2.75, 3.05) is 11.6 Å². The Morgan fingerprint density at radius 1 is 0.875 bits per heavy atom. The van der Waals surface area contributed by atoms with Gasteiger partial charge in [-0.15, -0.1) is 0 Å². The van der Waals surface area contributed by atoms with E-state index < -0.39 is 16.1 Å². The number of carbonyl (C=O) groups is 1. The number of hydrogen-bond donors (Lipinski definition) is 2. The number of nitrogens with one attached hydrogen (secondary N) is 2. The molecule has 2 N–H and O–H groups in total. The SMILES string of the molecule is CS(=O)(=O)Oc1ccc(/C(=N/NC(=O)Nc2ccc(Cl)c(Cl)c2)c2ccc(Cl)cc2)cc1. The van der Waals surface area contributed by atoms with Crippen molar-refractivity contribution in [3.8, 4) is 5.75 Å². The summed E-state index contributed by atoms with van der Waals surface area (Å²) in [7, 11) is -3.65. The van der Waals surface area contributed by atoms with Crippen molar-refractivity contribution >= 4 is 62.4 Å². The molecule has 0 aromatic heterocycles. The summed E-state index contributed by atoms with van der Waals surface area (Å²) in [5.74, 6) is 0.150. The fourth-order valence-electron chi connectivity index (χ4n) is 2.59. The molecule has 0 unspecified atom stereocenters. The van der Waals surface area contributed by atoms with Crippen molar-refractivity contribution in [3.63, 3.8) is 0 Å². The zero-order valence-electron chi connectivity index (χ0n) is 16.5. The van der Waals surface area contributed by atoms with Gasteiger partial charge in [0, 0.05) is 21.8 Å². The van der Waals surface area contributed by atoms with E-state index in [0.717, 1.165) is 6.26 Å². The summed E-state index contributed by atoms with van der Waals surface area (Å²) in [5.41, 5.74) is 4.55. The molecule has 7 nitrogen and oxygen atoms in total. The minimum absolute atomic E-state index is 0.150. The standard InChI is InChI=1S/C21H16Cl3N3O4S/c1-32(29,30)31-17-9-4-14(5-10-17)20(13-2-6-15(22)7-3-13)26-27-21(28)25-16-8-11-18(23)19(24)12-16/h2-12H,1H3,(H2,25,27,28)/b26-20+. The zero-order valence-corrected chi connectivity index (χ0v) is 19.6. The molecule has 3 rings (SSSR count). The fraction of sp³-hybridized carbons (Fsp3) is 0.0476. The molecular weight excluding hydrogens is 497 g/mol. The van der Waals surface area contributed by atoms with E-state index in [2.05, 4.69) is 15.8 Å². The van der Waals surface area contributed by atoms with Crippen LogP contribution in [0.3, 0.4) is 0 Å². The Morgan fingerprint density at radius 2 is 1.47 bits per heavy atom. The third-order valence-corrected chi connectivity index (χ3v) is 5.43. The minimum Gasteiger partial charge on any atom is -0.383 e. The first-order chi connectivity index (χ1) is 15.1. The van der Waals surface area contributed by atoms with Crippen molar-refractivity contribution in [3.05, 3.63) is 92.9 Å². The van der Waals surface area contributed by atoms with E-state index in [1.54, 1.807) is 48.5 Å². The third kappa shape index (κ3) is 6.86. The van der Waals surface area contributed by atoms with Gasteiger partial charge in [0.15, 0.2) is 0 Å². The van der Waals surface area contributed by atoms with Gasteiger partial charge in [0.05, 0.1) is 22.0 Å². The first-order valence-electron chi connectivity index (χ1n) is 8.96. The molecule has 0 heterocycles. The number of nitrogens with zero attached hydrogens (tertiary/aromatic N) is 1. The van der Waals surface area contributed by atoms with E-state index in [9.17, 15) is 13.2 Å². The summed E-state index contributed by atoms with van der Waals surface area (Å²) in [5, 5.41) is 8.03. The smallest absolute Gasteiger partial charge is 0.339 e. The first kappa shape index (κ1) is 23.9. The second kappa shape index (κ2) is 10.2. The van der Waals surface area contributed by atoms with E-state index in [0.29, 0.717) is 37.6 Å². The monoisotopic (exact) mass is 511 g/mol. The van der Waals surface area contributed by atoms with Crippen LogP contribution in [0.2, 0.25) is 15.1 Å². The molecule has 0 bridgehead atoms. The molecule has 0 aliphatic heterocycles. The van der Waals surface area contributed by atoms with Gasteiger partial charge in [0.1, 0.15) is 5.75 Å². The largest absolute Gasteiger partial charge is 0.383 e. The maximum atomic E-state index is 12.3. The Balaban J connectivity index is 1.85. The highest BCUT2D eigenvalue weighted by molar-refractivity contribution is 7.86. The van der Waals surface area contributed by atoms with Crippen LogP contribution >= 0.6 is 34.8 Å². The molecule has 0 atom stereocenters. The van der Waals surface area contributed by atoms with Gasteiger partial charge in [-0.25, -0.2) is 10.2 Å². The molecule has 32 heavy (non-hydrogen) atoms. The van der Waals surface area contributed by atoms with Gasteiger partial charge in [0.2, 0.25) is 0 Å². The number of amides is 2. The van der Waals surface area contributed by atoms with Gasteiger partial charge in [-0.3, -0.25) is 0 Å². The lowest BCUT2D eigenvalue weighted by molar-refractivity contribution is 0.252. The number of rotatable bonds is 6. The predicted molar refractivity (Wildman–Crippen MR) is 128 cm³/mol. The maximum absolute atomic E-state index is 12.3. The van der Waals surface area contributed by atoms with Crippen LogP contribution in [0, 0.1) is 0 Å². The molecule has 0 fully saturated rings. The topological polar surface area (TPSA) is 96.9 Å². The van der Waals surface area contributed by atoms with Crippen molar-refractivity contribution < 1.29 is 17.4 Å². The van der Waals surface area contributed by atoms with Gasteiger partial charge in [-0.2, -0.15) is 13.5 Å². The highest BCUT2D eigenvalue weighted by Crippen LogP contribution is 2.25. The van der Waals surface area contributed by atoms with Crippen LogP contribution in [0.1, 0.15) is 11.1 Å². The average Bonchev–Trinajstić information content (AvgIpc) is 2.72. The highest BCUT2D eigenvalue weighted by Gasteiger charge is 2.11. The number of hydrazone groups is 1. The molecule has 166 valence electrons. The van der Waals surface area contributed by atoms with E-state index in [-0.39, 0.29) is 5.75 Å². The van der Waals surface area contributed by atoms with Crippen LogP contribution < -0.4 is 14.9 Å². The molecule has 0 aliphatic carbocycles. The lowest BCUT2D eigenvalue weighted by atomic mass is 10.0. The Hall–Kier alpha value is -2.78. The molecule has 3 aromatic carbocycles. The summed E-state index contributed by atoms with van der Waals surface area (Å²) in [6.45, 7) is 0. The predicted octanol–water partition coefficient (Wildman–Crippen LogP) is 5.56. The molecule has 11 heteroatoms. The second-order valence-electron chi connectivity index (χ2n) is 6.47. The second-order valence-corrected chi connectivity index (χ2v) is 9.30. The van der Waals surface area contributed by atoms with Gasteiger partial charge in [-0.1, -0.05) is 46.9 Å². The minimum atomic E-state index is -3.65. The van der Waals surface area contributed by atoms with E-state index in [4.69, 9.17) is 39.0 Å². The Kier molecular flexibility index (Phi) is 7.63. The van der Waals surface area contributed by atoms with Crippen LogP contribution in [0.15, 0.2) is 71.8 Å². The van der Waals surface area contributed by atoms with Crippen LogP contribution in [0.5, 0.6) is 5.75 Å². The van der Waals surface area contributed by atoms with Crippen LogP contribution in [0.4, 0.5) is 10.5 Å². The van der Waals surface area contributed by atoms with Crippen LogP contribution in [0.25, 0.3) is 0 Å². The van der Waals surface area contributed by atoms with Crippen molar-refractivity contribution in [2.45, 2.75) is 0 Å². The van der Waals surface area contributed by atoms with Crippen LogP contribution in [-0.2, 0) is 10.1 Å². The fourth-order valence-corrected chi connectivity index (χ4v) is 3.47. The number of hydrogen-bond acceptors (Lipinski definition) is 5. The summed E-state index contributed by atoms with van der Waals surface area (Å²) in [6, 6.07) is 17.1. The Labute approximate surface area is 200 Å². The van der Waals surface area contributed by atoms with E-state index >= 15 is 0 Å².